The fraction of sp³-hybridized carbons (Fsp3) is 0.769. The number of amides is 3. The van der Waals surface area contributed by atoms with Gasteiger partial charge in [0, 0.05) is 6.54 Å². The SMILES string of the molecule is CC(C)CNC(=O)NC(=O)CN1CCCC1(C)C(=O)O. The fourth-order valence-electron chi connectivity index (χ4n) is 2.20. The third kappa shape index (κ3) is 4.19. The number of rotatable bonds is 5. The van der Waals surface area contributed by atoms with Gasteiger partial charge in [0.2, 0.25) is 5.91 Å². The quantitative estimate of drug-likeness (QED) is 0.679. The first-order chi connectivity index (χ1) is 9.25. The number of nitrogens with one attached hydrogen (secondary N) is 2. The maximum absolute atomic E-state index is 11.8. The molecule has 1 fully saturated rings. The van der Waals surface area contributed by atoms with Gasteiger partial charge in [0.05, 0.1) is 6.54 Å². The Bertz CT molecular complexity index is 397. The highest BCUT2D eigenvalue weighted by molar-refractivity contribution is 5.95. The molecule has 1 unspecified atom stereocenters. The van der Waals surface area contributed by atoms with E-state index in [2.05, 4.69) is 10.6 Å². The Kier molecular flexibility index (Phi) is 5.50. The minimum atomic E-state index is -1.02. The van der Waals surface area contributed by atoms with Crippen LogP contribution >= 0.6 is 0 Å². The average molecular weight is 285 g/mol. The van der Waals surface area contributed by atoms with Crippen LogP contribution in [0.3, 0.4) is 0 Å². The Morgan fingerprint density at radius 3 is 2.55 bits per heavy atom. The van der Waals surface area contributed by atoms with Crippen molar-refractivity contribution >= 4 is 17.9 Å². The van der Waals surface area contributed by atoms with Crippen molar-refractivity contribution in [2.24, 2.45) is 5.92 Å². The van der Waals surface area contributed by atoms with Crippen molar-refractivity contribution in [2.45, 2.75) is 39.2 Å². The largest absolute Gasteiger partial charge is 0.480 e. The number of aliphatic carboxylic acids is 1. The fourth-order valence-corrected chi connectivity index (χ4v) is 2.20. The summed E-state index contributed by atoms with van der Waals surface area (Å²) in [5.74, 6) is -1.13. The summed E-state index contributed by atoms with van der Waals surface area (Å²) in [7, 11) is 0. The number of carboxylic acid groups (broad SMARTS) is 1. The molecular weight excluding hydrogens is 262 g/mol. The molecular formula is C13H23N3O4. The summed E-state index contributed by atoms with van der Waals surface area (Å²) >= 11 is 0. The molecule has 0 radical (unpaired) electrons. The van der Waals surface area contributed by atoms with Gasteiger partial charge in [-0.15, -0.1) is 0 Å². The van der Waals surface area contributed by atoms with Crippen molar-refractivity contribution in [3.05, 3.63) is 0 Å². The standard InChI is InChI=1S/C13H23N3O4/c1-9(2)7-14-12(20)15-10(17)8-16-6-4-5-13(16,3)11(18)19/h9H,4-8H2,1-3H3,(H,18,19)(H2,14,15,17,20). The summed E-state index contributed by atoms with van der Waals surface area (Å²) < 4.78 is 0. The minimum Gasteiger partial charge on any atom is -0.480 e. The molecule has 3 N–H and O–H groups in total. The second-order valence-electron chi connectivity index (χ2n) is 5.76. The molecule has 1 saturated heterocycles. The van der Waals surface area contributed by atoms with Crippen molar-refractivity contribution in [3.63, 3.8) is 0 Å². The van der Waals surface area contributed by atoms with Gasteiger partial charge in [0.1, 0.15) is 5.54 Å². The minimum absolute atomic E-state index is 0.0854. The van der Waals surface area contributed by atoms with Crippen LogP contribution < -0.4 is 10.6 Å². The molecule has 1 aliphatic heterocycles. The lowest BCUT2D eigenvalue weighted by molar-refractivity contribution is -0.149. The molecule has 1 aliphatic rings. The Labute approximate surface area is 118 Å². The maximum Gasteiger partial charge on any atom is 0.323 e. The molecule has 1 rings (SSSR count). The number of likely N-dealkylation sites (tertiary alicyclic amines) is 1. The first kappa shape index (κ1) is 16.4. The second kappa shape index (κ2) is 6.69. The molecule has 0 aliphatic carbocycles. The van der Waals surface area contributed by atoms with Crippen LogP contribution in [-0.2, 0) is 9.59 Å². The Hall–Kier alpha value is -1.63. The van der Waals surface area contributed by atoms with Gasteiger partial charge < -0.3 is 10.4 Å². The van der Waals surface area contributed by atoms with Gasteiger partial charge in [-0.3, -0.25) is 19.8 Å². The highest BCUT2D eigenvalue weighted by Crippen LogP contribution is 2.28. The van der Waals surface area contributed by atoms with Crippen LogP contribution in [0.4, 0.5) is 4.79 Å². The summed E-state index contributed by atoms with van der Waals surface area (Å²) in [6.07, 6.45) is 1.24. The molecule has 0 aromatic carbocycles. The van der Waals surface area contributed by atoms with E-state index in [-0.39, 0.29) is 6.54 Å². The molecule has 7 nitrogen and oxygen atoms in total. The zero-order chi connectivity index (χ0) is 15.3. The Morgan fingerprint density at radius 1 is 1.35 bits per heavy atom. The number of carboxylic acids is 1. The smallest absolute Gasteiger partial charge is 0.323 e. The molecule has 1 atom stereocenters. The zero-order valence-electron chi connectivity index (χ0n) is 12.2. The molecule has 0 aromatic rings. The van der Waals surface area contributed by atoms with Crippen LogP contribution in [0, 0.1) is 5.92 Å². The third-order valence-corrected chi connectivity index (χ3v) is 3.51. The normalized spacial score (nSPS) is 22.8. The maximum atomic E-state index is 11.8. The summed E-state index contributed by atoms with van der Waals surface area (Å²) in [6, 6.07) is -0.542. The monoisotopic (exact) mass is 285 g/mol. The lowest BCUT2D eigenvalue weighted by Crippen LogP contribution is -2.53. The van der Waals surface area contributed by atoms with Gasteiger partial charge in [0.25, 0.3) is 0 Å². The van der Waals surface area contributed by atoms with Crippen LogP contribution in [0.1, 0.15) is 33.6 Å². The topological polar surface area (TPSA) is 98.7 Å². The van der Waals surface area contributed by atoms with Gasteiger partial charge in [-0.05, 0) is 32.2 Å². The van der Waals surface area contributed by atoms with Crippen LogP contribution in [-0.4, -0.2) is 53.1 Å². The van der Waals surface area contributed by atoms with E-state index in [1.165, 1.54) is 0 Å². The lowest BCUT2D eigenvalue weighted by atomic mass is 9.99. The van der Waals surface area contributed by atoms with Gasteiger partial charge in [-0.2, -0.15) is 0 Å². The summed E-state index contributed by atoms with van der Waals surface area (Å²) in [5.41, 5.74) is -1.02. The van der Waals surface area contributed by atoms with Crippen LogP contribution in [0.2, 0.25) is 0 Å². The first-order valence-corrected chi connectivity index (χ1v) is 6.82. The zero-order valence-corrected chi connectivity index (χ0v) is 12.2. The van der Waals surface area contributed by atoms with Crippen molar-refractivity contribution in [1.29, 1.82) is 0 Å². The van der Waals surface area contributed by atoms with E-state index >= 15 is 0 Å². The van der Waals surface area contributed by atoms with Crippen molar-refractivity contribution in [2.75, 3.05) is 19.6 Å². The number of urea groups is 1. The number of carbonyl (C=O) groups excluding carboxylic acids is 2. The predicted octanol–water partition coefficient (Wildman–Crippen LogP) is 0.407. The number of imide groups is 1. The highest BCUT2D eigenvalue weighted by atomic mass is 16.4. The summed E-state index contributed by atoms with van der Waals surface area (Å²) in [6.45, 7) is 6.45. The average Bonchev–Trinajstić information content (AvgIpc) is 2.69. The third-order valence-electron chi connectivity index (χ3n) is 3.51. The van der Waals surface area contributed by atoms with Crippen molar-refractivity contribution in [1.82, 2.24) is 15.5 Å². The number of carbonyl (C=O) groups is 3. The van der Waals surface area contributed by atoms with Gasteiger partial charge in [-0.25, -0.2) is 4.79 Å². The van der Waals surface area contributed by atoms with E-state index < -0.39 is 23.4 Å². The van der Waals surface area contributed by atoms with Crippen LogP contribution in [0.25, 0.3) is 0 Å². The van der Waals surface area contributed by atoms with E-state index in [1.807, 2.05) is 13.8 Å². The summed E-state index contributed by atoms with van der Waals surface area (Å²) in [5, 5.41) is 14.0. The van der Waals surface area contributed by atoms with Crippen LogP contribution in [0.5, 0.6) is 0 Å². The molecule has 0 bridgehead atoms. The van der Waals surface area contributed by atoms with Gasteiger partial charge in [-0.1, -0.05) is 13.8 Å². The number of nitrogens with zero attached hydrogens (tertiary/aromatic N) is 1. The number of hydrogen-bond donors (Lipinski definition) is 3. The Balaban J connectivity index is 2.46. The van der Waals surface area contributed by atoms with Crippen molar-refractivity contribution in [3.8, 4) is 0 Å². The van der Waals surface area contributed by atoms with E-state index in [0.29, 0.717) is 25.4 Å². The van der Waals surface area contributed by atoms with Gasteiger partial charge in [0.15, 0.2) is 0 Å². The van der Waals surface area contributed by atoms with E-state index in [4.69, 9.17) is 0 Å². The molecule has 114 valence electrons. The molecule has 20 heavy (non-hydrogen) atoms. The Morgan fingerprint density at radius 2 is 2.00 bits per heavy atom. The van der Waals surface area contributed by atoms with Crippen LogP contribution in [0.15, 0.2) is 0 Å². The van der Waals surface area contributed by atoms with E-state index in [1.54, 1.807) is 11.8 Å². The second-order valence-corrected chi connectivity index (χ2v) is 5.76. The molecule has 0 aromatic heterocycles. The van der Waals surface area contributed by atoms with E-state index in [9.17, 15) is 19.5 Å². The van der Waals surface area contributed by atoms with Crippen molar-refractivity contribution < 1.29 is 19.5 Å². The summed E-state index contributed by atoms with van der Waals surface area (Å²) in [4.78, 5) is 36.1. The number of hydrogen-bond acceptors (Lipinski definition) is 4. The van der Waals surface area contributed by atoms with E-state index in [0.717, 1.165) is 6.42 Å². The molecule has 0 saturated carbocycles. The predicted molar refractivity (Wildman–Crippen MR) is 73.2 cm³/mol. The van der Waals surface area contributed by atoms with Gasteiger partial charge >= 0.3 is 12.0 Å². The molecule has 0 spiro atoms. The molecule has 7 heteroatoms. The molecule has 3 amide bonds. The first-order valence-electron chi connectivity index (χ1n) is 6.82. The molecule has 1 heterocycles. The highest BCUT2D eigenvalue weighted by Gasteiger charge is 2.43. The lowest BCUT2D eigenvalue weighted by Gasteiger charge is -2.30.